The van der Waals surface area contributed by atoms with Gasteiger partial charge in [0.1, 0.15) is 48.1 Å². The molecule has 0 bridgehead atoms. The first kappa shape index (κ1) is 43.4. The molecule has 2 saturated carbocycles. The minimum Gasteiger partial charge on any atom is -0.488 e. The molecule has 2 fully saturated rings. The van der Waals surface area contributed by atoms with Crippen molar-refractivity contribution in [2.75, 3.05) is 17.2 Å². The molecule has 13 heteroatoms. The Balaban J connectivity index is 0.952. The van der Waals surface area contributed by atoms with Gasteiger partial charge in [0, 0.05) is 36.7 Å². The molecule has 0 radical (unpaired) electrons. The van der Waals surface area contributed by atoms with E-state index in [0.717, 1.165) is 51.4 Å². The van der Waals surface area contributed by atoms with Crippen molar-refractivity contribution in [1.82, 2.24) is 0 Å². The third-order valence-corrected chi connectivity index (χ3v) is 10.8. The lowest BCUT2D eigenvalue weighted by Gasteiger charge is -2.39. The number of anilines is 2. The SMILES string of the molecule is CC1C[C@@H](Oc2ccc(NC(=O)CCCCCCCCCCCCCC(=O)Nc3ccc(O[C@@H]4CC(CO)[C@@H](O)[C@H](O)C4O)cc3)cc2)C(O)[C@@H](O)[C@@H]1O. The third-order valence-electron chi connectivity index (χ3n) is 10.8. The van der Waals surface area contributed by atoms with Gasteiger partial charge in [-0.25, -0.2) is 0 Å². The summed E-state index contributed by atoms with van der Waals surface area (Å²) in [6.45, 7) is 1.49. The molecule has 2 aromatic carbocycles. The van der Waals surface area contributed by atoms with E-state index in [-0.39, 0.29) is 30.8 Å². The summed E-state index contributed by atoms with van der Waals surface area (Å²) in [6.07, 6.45) is 4.55. The average molecular weight is 759 g/mol. The van der Waals surface area contributed by atoms with E-state index in [9.17, 15) is 45.3 Å². The molecule has 4 rings (SSSR count). The topological polar surface area (TPSA) is 218 Å². The van der Waals surface area contributed by atoms with E-state index in [1.54, 1.807) is 48.5 Å². The molecule has 54 heavy (non-hydrogen) atoms. The normalized spacial score (nSPS) is 28.3. The number of nitrogens with one attached hydrogen (secondary N) is 2. The molecule has 0 saturated heterocycles. The Morgan fingerprint density at radius 2 is 0.907 bits per heavy atom. The number of hydrogen-bond donors (Lipinski definition) is 9. The predicted molar refractivity (Wildman–Crippen MR) is 204 cm³/mol. The number of unbranched alkanes of at least 4 members (excludes halogenated alkanes) is 10. The van der Waals surface area contributed by atoms with Crippen molar-refractivity contribution in [3.05, 3.63) is 48.5 Å². The molecule has 4 unspecified atom stereocenters. The highest BCUT2D eigenvalue weighted by molar-refractivity contribution is 5.91. The van der Waals surface area contributed by atoms with E-state index in [2.05, 4.69) is 10.6 Å². The molecule has 2 amide bonds. The van der Waals surface area contributed by atoms with Crippen LogP contribution < -0.4 is 20.1 Å². The average Bonchev–Trinajstić information content (AvgIpc) is 3.16. The van der Waals surface area contributed by atoms with Crippen LogP contribution in [0.2, 0.25) is 0 Å². The lowest BCUT2D eigenvalue weighted by molar-refractivity contribution is -0.156. The summed E-state index contributed by atoms with van der Waals surface area (Å²) < 4.78 is 11.7. The van der Waals surface area contributed by atoms with Crippen LogP contribution in [0.15, 0.2) is 48.5 Å². The van der Waals surface area contributed by atoms with Crippen LogP contribution in [0, 0.1) is 11.8 Å². The fraction of sp³-hybridized carbons (Fsp3) is 0.659. The van der Waals surface area contributed by atoms with Gasteiger partial charge in [0.15, 0.2) is 0 Å². The number of benzene rings is 2. The van der Waals surface area contributed by atoms with Gasteiger partial charge in [0.05, 0.1) is 12.2 Å². The van der Waals surface area contributed by atoms with E-state index < -0.39 is 54.7 Å². The second-order valence-electron chi connectivity index (χ2n) is 15.2. The molecule has 302 valence electrons. The Morgan fingerprint density at radius 3 is 1.31 bits per heavy atom. The Bertz CT molecular complexity index is 1390. The first-order chi connectivity index (χ1) is 26.0. The van der Waals surface area contributed by atoms with Crippen LogP contribution in [-0.4, -0.2) is 103 Å². The van der Waals surface area contributed by atoms with Crippen molar-refractivity contribution < 1.29 is 54.8 Å². The van der Waals surface area contributed by atoms with Crippen LogP contribution >= 0.6 is 0 Å². The Kier molecular flexibility index (Phi) is 17.9. The monoisotopic (exact) mass is 758 g/mol. The predicted octanol–water partition coefficient (Wildman–Crippen LogP) is 4.05. The summed E-state index contributed by atoms with van der Waals surface area (Å²) >= 11 is 0. The van der Waals surface area contributed by atoms with Crippen molar-refractivity contribution in [2.45, 2.75) is 152 Å². The second kappa shape index (κ2) is 22.3. The number of rotatable bonds is 21. The number of amides is 2. The van der Waals surface area contributed by atoms with Gasteiger partial charge in [0.2, 0.25) is 11.8 Å². The molecule has 0 aromatic heterocycles. The molecule has 9 N–H and O–H groups in total. The van der Waals surface area contributed by atoms with Gasteiger partial charge >= 0.3 is 0 Å². The first-order valence-electron chi connectivity index (χ1n) is 19.8. The van der Waals surface area contributed by atoms with Gasteiger partial charge in [0.25, 0.3) is 0 Å². The Labute approximate surface area is 318 Å². The second-order valence-corrected chi connectivity index (χ2v) is 15.2. The summed E-state index contributed by atoms with van der Waals surface area (Å²) in [6, 6.07) is 13.7. The molecule has 10 atom stereocenters. The molecule has 0 heterocycles. The highest BCUT2D eigenvalue weighted by Crippen LogP contribution is 2.31. The molecular weight excluding hydrogens is 696 g/mol. The maximum atomic E-state index is 12.4. The van der Waals surface area contributed by atoms with E-state index in [1.165, 1.54) is 19.3 Å². The van der Waals surface area contributed by atoms with E-state index in [0.29, 0.717) is 42.1 Å². The van der Waals surface area contributed by atoms with Gasteiger partial charge in [-0.2, -0.15) is 0 Å². The lowest BCUT2D eigenvalue weighted by Crippen LogP contribution is -2.56. The van der Waals surface area contributed by atoms with Crippen LogP contribution in [-0.2, 0) is 9.59 Å². The van der Waals surface area contributed by atoms with Crippen molar-refractivity contribution >= 4 is 23.2 Å². The van der Waals surface area contributed by atoms with Crippen LogP contribution in [0.1, 0.15) is 103 Å². The number of carbonyl (C=O) groups is 2. The highest BCUT2D eigenvalue weighted by atomic mass is 16.5. The van der Waals surface area contributed by atoms with Crippen LogP contribution in [0.25, 0.3) is 0 Å². The zero-order valence-electron chi connectivity index (χ0n) is 31.5. The molecule has 2 aliphatic carbocycles. The van der Waals surface area contributed by atoms with Crippen molar-refractivity contribution in [3.8, 4) is 11.5 Å². The number of ether oxygens (including phenoxy) is 2. The van der Waals surface area contributed by atoms with Crippen molar-refractivity contribution in [1.29, 1.82) is 0 Å². The summed E-state index contributed by atoms with van der Waals surface area (Å²) in [5.74, 6) is 0.0986. The summed E-state index contributed by atoms with van der Waals surface area (Å²) in [5, 5.41) is 75.8. The molecule has 0 aliphatic heterocycles. The zero-order valence-corrected chi connectivity index (χ0v) is 31.5. The number of aliphatic hydroxyl groups is 7. The fourth-order valence-corrected chi connectivity index (χ4v) is 7.29. The number of aliphatic hydroxyl groups excluding tert-OH is 7. The molecule has 2 aliphatic rings. The Morgan fingerprint density at radius 1 is 0.537 bits per heavy atom. The fourth-order valence-electron chi connectivity index (χ4n) is 7.29. The minimum absolute atomic E-state index is 0.0318. The molecular formula is C41H62N2O11. The van der Waals surface area contributed by atoms with Crippen LogP contribution in [0.3, 0.4) is 0 Å². The maximum Gasteiger partial charge on any atom is 0.224 e. The molecule has 13 nitrogen and oxygen atoms in total. The summed E-state index contributed by atoms with van der Waals surface area (Å²) in [5.41, 5.74) is 1.30. The van der Waals surface area contributed by atoms with Gasteiger partial charge in [-0.1, -0.05) is 64.7 Å². The third kappa shape index (κ3) is 13.5. The number of hydrogen-bond acceptors (Lipinski definition) is 11. The van der Waals surface area contributed by atoms with Gasteiger partial charge in [-0.15, -0.1) is 0 Å². The quantitative estimate of drug-likeness (QED) is 0.0828. The molecule has 0 spiro atoms. The van der Waals surface area contributed by atoms with Gasteiger partial charge in [-0.05, 0) is 80.1 Å². The van der Waals surface area contributed by atoms with Crippen molar-refractivity contribution in [2.24, 2.45) is 11.8 Å². The standard InChI is InChI=1S/C41H62N2O11/c1-26-23-32(38(49)40(51)36(26)47)53-30-19-15-28(16-20-30)42-34(45)13-11-9-7-5-3-2-4-6-8-10-12-14-35(46)43-29-17-21-31(22-18-29)54-33-24-27(25-44)37(48)41(52)39(33)50/h15-22,26-27,32-33,36-41,44,47-52H,2-14,23-25H2,1H3,(H,42,45)(H,43,46)/t26?,27?,32-,33-,36-,37-,38?,39?,40+,41+/m1/s1. The minimum atomic E-state index is -1.40. The van der Waals surface area contributed by atoms with E-state index in [1.807, 2.05) is 6.92 Å². The Hall–Kier alpha value is -3.30. The zero-order chi connectivity index (χ0) is 39.0. The number of carbonyl (C=O) groups excluding carboxylic acids is 2. The summed E-state index contributed by atoms with van der Waals surface area (Å²) in [7, 11) is 0. The van der Waals surface area contributed by atoms with E-state index in [4.69, 9.17) is 9.47 Å². The van der Waals surface area contributed by atoms with Crippen molar-refractivity contribution in [3.63, 3.8) is 0 Å². The van der Waals surface area contributed by atoms with E-state index >= 15 is 0 Å². The van der Waals surface area contributed by atoms with Crippen LogP contribution in [0.4, 0.5) is 11.4 Å². The molecule has 2 aromatic rings. The first-order valence-corrected chi connectivity index (χ1v) is 19.8. The van der Waals surface area contributed by atoms with Crippen LogP contribution in [0.5, 0.6) is 11.5 Å². The lowest BCUT2D eigenvalue weighted by atomic mass is 9.81. The van der Waals surface area contributed by atoms with Gasteiger partial charge in [-0.3, -0.25) is 9.59 Å². The highest BCUT2D eigenvalue weighted by Gasteiger charge is 2.44. The summed E-state index contributed by atoms with van der Waals surface area (Å²) in [4.78, 5) is 24.8. The smallest absolute Gasteiger partial charge is 0.224 e. The van der Waals surface area contributed by atoms with Gasteiger partial charge < -0.3 is 55.9 Å². The maximum absolute atomic E-state index is 12.4. The largest absolute Gasteiger partial charge is 0.488 e.